The molecule has 0 bridgehead atoms. The Morgan fingerprint density at radius 2 is 1.53 bits per heavy atom. The first kappa shape index (κ1) is 11.3. The minimum Gasteiger partial charge on any atom is -0.395 e. The molecule has 0 aliphatic heterocycles. The van der Waals surface area contributed by atoms with Gasteiger partial charge in [0, 0.05) is 11.8 Å². The molecular formula is C12H9F3N2. The number of rotatable bonds is 2. The van der Waals surface area contributed by atoms with E-state index in [9.17, 15) is 13.2 Å². The van der Waals surface area contributed by atoms with Gasteiger partial charge in [0.25, 0.3) is 0 Å². The highest BCUT2D eigenvalue weighted by molar-refractivity contribution is 5.72. The number of anilines is 3. The quantitative estimate of drug-likeness (QED) is 0.786. The largest absolute Gasteiger partial charge is 0.395 e. The molecule has 0 spiro atoms. The molecule has 0 radical (unpaired) electrons. The Hall–Kier alpha value is -2.17. The number of nitrogens with one attached hydrogen (secondary N) is 1. The van der Waals surface area contributed by atoms with Gasteiger partial charge in [-0.25, -0.2) is 13.2 Å². The zero-order valence-electron chi connectivity index (χ0n) is 8.68. The summed E-state index contributed by atoms with van der Waals surface area (Å²) in [5.74, 6) is -1.97. The van der Waals surface area contributed by atoms with E-state index in [2.05, 4.69) is 5.32 Å². The van der Waals surface area contributed by atoms with Gasteiger partial charge < -0.3 is 11.1 Å². The third kappa shape index (κ3) is 2.50. The van der Waals surface area contributed by atoms with Gasteiger partial charge in [-0.3, -0.25) is 0 Å². The lowest BCUT2D eigenvalue weighted by atomic mass is 10.2. The Kier molecular flexibility index (Phi) is 2.91. The summed E-state index contributed by atoms with van der Waals surface area (Å²) >= 11 is 0. The number of nitrogens with two attached hydrogens (primary N) is 1. The van der Waals surface area contributed by atoms with Crippen LogP contribution in [0.25, 0.3) is 0 Å². The molecule has 2 rings (SSSR count). The van der Waals surface area contributed by atoms with Crippen molar-refractivity contribution in [3.05, 3.63) is 53.8 Å². The van der Waals surface area contributed by atoms with Crippen LogP contribution in [0.3, 0.4) is 0 Å². The Labute approximate surface area is 95.9 Å². The predicted molar refractivity (Wildman–Crippen MR) is 60.5 cm³/mol. The van der Waals surface area contributed by atoms with Crippen molar-refractivity contribution in [1.29, 1.82) is 0 Å². The fourth-order valence-corrected chi connectivity index (χ4v) is 1.38. The lowest BCUT2D eigenvalue weighted by molar-refractivity contribution is 0.587. The summed E-state index contributed by atoms with van der Waals surface area (Å²) in [6.45, 7) is 0. The second kappa shape index (κ2) is 4.37. The Morgan fingerprint density at radius 3 is 2.18 bits per heavy atom. The highest BCUT2D eigenvalue weighted by atomic mass is 19.1. The van der Waals surface area contributed by atoms with Gasteiger partial charge in [-0.15, -0.1) is 0 Å². The van der Waals surface area contributed by atoms with E-state index >= 15 is 0 Å². The third-order valence-corrected chi connectivity index (χ3v) is 2.22. The lowest BCUT2D eigenvalue weighted by Gasteiger charge is -2.10. The van der Waals surface area contributed by atoms with Crippen molar-refractivity contribution in [3.8, 4) is 0 Å². The van der Waals surface area contributed by atoms with Gasteiger partial charge in [-0.1, -0.05) is 0 Å². The summed E-state index contributed by atoms with van der Waals surface area (Å²) in [4.78, 5) is 0. The van der Waals surface area contributed by atoms with Crippen LogP contribution in [0, 0.1) is 17.5 Å². The van der Waals surface area contributed by atoms with Gasteiger partial charge >= 0.3 is 0 Å². The molecule has 0 aliphatic carbocycles. The molecule has 17 heavy (non-hydrogen) atoms. The molecule has 0 aromatic heterocycles. The maximum Gasteiger partial charge on any atom is 0.151 e. The normalized spacial score (nSPS) is 10.3. The van der Waals surface area contributed by atoms with Crippen LogP contribution in [-0.2, 0) is 0 Å². The average Bonchev–Trinajstić information content (AvgIpc) is 2.28. The van der Waals surface area contributed by atoms with Gasteiger partial charge in [0.1, 0.15) is 11.6 Å². The van der Waals surface area contributed by atoms with Crippen LogP contribution in [0.1, 0.15) is 0 Å². The number of benzene rings is 2. The van der Waals surface area contributed by atoms with E-state index in [4.69, 9.17) is 5.73 Å². The molecule has 5 heteroatoms. The molecule has 0 unspecified atom stereocenters. The second-order valence-electron chi connectivity index (χ2n) is 3.48. The maximum atomic E-state index is 13.1. The smallest absolute Gasteiger partial charge is 0.151 e. The summed E-state index contributed by atoms with van der Waals surface area (Å²) in [5, 5.41) is 2.71. The molecule has 0 saturated heterocycles. The van der Waals surface area contributed by atoms with Crippen molar-refractivity contribution in [2.75, 3.05) is 11.1 Å². The molecule has 0 heterocycles. The number of hydrogen-bond acceptors (Lipinski definition) is 2. The SMILES string of the molecule is Nc1c(F)cc(F)cc1Nc1ccc(F)cc1. The van der Waals surface area contributed by atoms with Crippen LogP contribution in [0.2, 0.25) is 0 Å². The monoisotopic (exact) mass is 238 g/mol. The summed E-state index contributed by atoms with van der Waals surface area (Å²) in [6.07, 6.45) is 0. The predicted octanol–water partition coefficient (Wildman–Crippen LogP) is 3.43. The Morgan fingerprint density at radius 1 is 0.882 bits per heavy atom. The van der Waals surface area contributed by atoms with Crippen molar-refractivity contribution < 1.29 is 13.2 Å². The van der Waals surface area contributed by atoms with E-state index in [0.29, 0.717) is 11.8 Å². The minimum absolute atomic E-state index is 0.106. The van der Waals surface area contributed by atoms with Crippen LogP contribution in [0.15, 0.2) is 36.4 Å². The van der Waals surface area contributed by atoms with Crippen LogP contribution in [0.5, 0.6) is 0 Å². The number of halogens is 3. The Balaban J connectivity index is 2.32. The van der Waals surface area contributed by atoms with Gasteiger partial charge in [0.2, 0.25) is 0 Å². The summed E-state index contributed by atoms with van der Waals surface area (Å²) in [6, 6.07) is 7.12. The van der Waals surface area contributed by atoms with E-state index in [1.54, 1.807) is 0 Å². The van der Waals surface area contributed by atoms with E-state index < -0.39 is 17.5 Å². The molecule has 0 fully saturated rings. The summed E-state index contributed by atoms with van der Waals surface area (Å²) in [7, 11) is 0. The fourth-order valence-electron chi connectivity index (χ4n) is 1.38. The second-order valence-corrected chi connectivity index (χ2v) is 3.48. The molecule has 0 aliphatic rings. The molecule has 2 aromatic rings. The molecule has 0 saturated carbocycles. The van der Waals surface area contributed by atoms with Crippen LogP contribution in [0.4, 0.5) is 30.2 Å². The first-order valence-corrected chi connectivity index (χ1v) is 4.83. The molecule has 0 atom stereocenters. The fraction of sp³-hybridized carbons (Fsp3) is 0. The zero-order chi connectivity index (χ0) is 12.4. The topological polar surface area (TPSA) is 38.0 Å². The molecule has 88 valence electrons. The summed E-state index contributed by atoms with van der Waals surface area (Å²) in [5.41, 5.74) is 5.86. The van der Waals surface area contributed by atoms with Crippen molar-refractivity contribution in [2.45, 2.75) is 0 Å². The highest BCUT2D eigenvalue weighted by Crippen LogP contribution is 2.26. The van der Waals surface area contributed by atoms with Crippen molar-refractivity contribution in [3.63, 3.8) is 0 Å². The zero-order valence-corrected chi connectivity index (χ0v) is 8.68. The third-order valence-electron chi connectivity index (χ3n) is 2.22. The highest BCUT2D eigenvalue weighted by Gasteiger charge is 2.08. The standard InChI is InChI=1S/C12H9F3N2/c13-7-1-3-9(4-2-7)17-11-6-8(14)5-10(15)12(11)16/h1-6,17H,16H2. The van der Waals surface area contributed by atoms with Crippen LogP contribution < -0.4 is 11.1 Å². The van der Waals surface area contributed by atoms with Gasteiger partial charge in [0.15, 0.2) is 5.82 Å². The Bertz CT molecular complexity index is 538. The van der Waals surface area contributed by atoms with E-state index in [1.807, 2.05) is 0 Å². The van der Waals surface area contributed by atoms with Crippen molar-refractivity contribution >= 4 is 17.1 Å². The van der Waals surface area contributed by atoms with Gasteiger partial charge in [-0.05, 0) is 30.3 Å². The van der Waals surface area contributed by atoms with Crippen LogP contribution >= 0.6 is 0 Å². The first-order valence-electron chi connectivity index (χ1n) is 4.83. The van der Waals surface area contributed by atoms with E-state index in [0.717, 1.165) is 6.07 Å². The van der Waals surface area contributed by atoms with Crippen molar-refractivity contribution in [2.24, 2.45) is 0 Å². The van der Waals surface area contributed by atoms with Gasteiger partial charge in [0.05, 0.1) is 11.4 Å². The van der Waals surface area contributed by atoms with Crippen LogP contribution in [-0.4, -0.2) is 0 Å². The first-order chi connectivity index (χ1) is 8.06. The summed E-state index contributed by atoms with van der Waals surface area (Å²) < 4.78 is 38.8. The van der Waals surface area contributed by atoms with Crippen molar-refractivity contribution in [1.82, 2.24) is 0 Å². The molecular weight excluding hydrogens is 229 g/mol. The maximum absolute atomic E-state index is 13.1. The number of hydrogen-bond donors (Lipinski definition) is 2. The average molecular weight is 238 g/mol. The molecule has 2 nitrogen and oxygen atoms in total. The molecule has 3 N–H and O–H groups in total. The van der Waals surface area contributed by atoms with E-state index in [-0.39, 0.29) is 11.4 Å². The minimum atomic E-state index is -0.838. The number of nitrogen functional groups attached to an aromatic ring is 1. The molecule has 2 aromatic carbocycles. The lowest BCUT2D eigenvalue weighted by Crippen LogP contribution is -2.00. The van der Waals surface area contributed by atoms with E-state index in [1.165, 1.54) is 24.3 Å². The molecule has 0 amide bonds. The van der Waals surface area contributed by atoms with Gasteiger partial charge in [-0.2, -0.15) is 0 Å².